The van der Waals surface area contributed by atoms with Crippen LogP contribution in [0.1, 0.15) is 42.3 Å². The summed E-state index contributed by atoms with van der Waals surface area (Å²) in [4.78, 5) is 0. The van der Waals surface area contributed by atoms with Crippen molar-refractivity contribution in [2.24, 2.45) is 5.73 Å². The molecule has 2 N–H and O–H groups in total. The number of benzene rings is 1. The molecule has 1 atom stereocenters. The van der Waals surface area contributed by atoms with Crippen LogP contribution in [0.2, 0.25) is 0 Å². The van der Waals surface area contributed by atoms with Crippen molar-refractivity contribution in [2.75, 3.05) is 12.0 Å². The molecule has 1 nitrogen and oxygen atoms in total. The Morgan fingerprint density at radius 1 is 1.47 bits per heavy atom. The molecule has 0 aromatic heterocycles. The molecule has 1 aliphatic carbocycles. The van der Waals surface area contributed by atoms with Crippen LogP contribution in [-0.4, -0.2) is 12.0 Å². The van der Waals surface area contributed by atoms with Crippen molar-refractivity contribution in [3.63, 3.8) is 0 Å². The van der Waals surface area contributed by atoms with E-state index >= 15 is 0 Å². The number of hydrogen-bond acceptors (Lipinski definition) is 2. The van der Waals surface area contributed by atoms with Gasteiger partial charge in [0.2, 0.25) is 0 Å². The molecule has 15 heavy (non-hydrogen) atoms. The van der Waals surface area contributed by atoms with Crippen molar-refractivity contribution >= 4 is 11.8 Å². The molecule has 0 radical (unpaired) electrons. The first-order valence-corrected chi connectivity index (χ1v) is 7.05. The Bertz CT molecular complexity index is 320. The van der Waals surface area contributed by atoms with Gasteiger partial charge in [-0.2, -0.15) is 11.8 Å². The highest BCUT2D eigenvalue weighted by atomic mass is 32.2. The van der Waals surface area contributed by atoms with Crippen LogP contribution in [0.15, 0.2) is 24.3 Å². The Morgan fingerprint density at radius 2 is 2.27 bits per heavy atom. The number of nitrogens with two attached hydrogens (primary N) is 1. The fraction of sp³-hybridized carbons (Fsp3) is 0.538. The normalized spacial score (nSPS) is 18.5. The summed E-state index contributed by atoms with van der Waals surface area (Å²) in [6.45, 7) is 0. The largest absolute Gasteiger partial charge is 0.323 e. The number of thioether (sulfide) groups is 1. The second-order valence-corrected chi connectivity index (χ2v) is 5.27. The smallest absolute Gasteiger partial charge is 0.0386 e. The minimum atomic E-state index is 0.194. The van der Waals surface area contributed by atoms with Gasteiger partial charge in [-0.25, -0.2) is 0 Å². The van der Waals surface area contributed by atoms with Crippen molar-refractivity contribution in [2.45, 2.75) is 31.2 Å². The summed E-state index contributed by atoms with van der Waals surface area (Å²) in [5, 5.41) is 0. The topological polar surface area (TPSA) is 26.0 Å². The van der Waals surface area contributed by atoms with Crippen LogP contribution in [0.5, 0.6) is 0 Å². The van der Waals surface area contributed by atoms with Gasteiger partial charge in [0.15, 0.2) is 0 Å². The molecular formula is C13H19NS. The monoisotopic (exact) mass is 221 g/mol. The molecule has 1 aromatic rings. The predicted octanol–water partition coefficient (Wildman–Crippen LogP) is 3.32. The third-order valence-electron chi connectivity index (χ3n) is 3.26. The highest BCUT2D eigenvalue weighted by Gasteiger charge is 2.19. The van der Waals surface area contributed by atoms with Gasteiger partial charge < -0.3 is 5.73 Å². The first kappa shape index (κ1) is 11.0. The van der Waals surface area contributed by atoms with E-state index in [9.17, 15) is 0 Å². The van der Waals surface area contributed by atoms with Crippen molar-refractivity contribution in [1.29, 1.82) is 0 Å². The minimum absolute atomic E-state index is 0.194. The Morgan fingerprint density at radius 3 is 2.87 bits per heavy atom. The lowest BCUT2D eigenvalue weighted by atomic mass is 9.79. The quantitative estimate of drug-likeness (QED) is 0.844. The van der Waals surface area contributed by atoms with Gasteiger partial charge in [-0.1, -0.05) is 30.7 Å². The molecule has 1 aromatic carbocycles. The maximum Gasteiger partial charge on any atom is 0.0386 e. The van der Waals surface area contributed by atoms with E-state index in [1.54, 1.807) is 0 Å². The third kappa shape index (κ3) is 2.56. The molecule has 1 unspecified atom stereocenters. The average Bonchev–Trinajstić information content (AvgIpc) is 2.16. The molecule has 0 amide bonds. The van der Waals surface area contributed by atoms with E-state index in [2.05, 4.69) is 30.5 Å². The van der Waals surface area contributed by atoms with Crippen LogP contribution in [0.4, 0.5) is 0 Å². The highest BCUT2D eigenvalue weighted by Crippen LogP contribution is 2.36. The average molecular weight is 221 g/mol. The molecule has 0 bridgehead atoms. The molecule has 0 heterocycles. The predicted molar refractivity (Wildman–Crippen MR) is 68.3 cm³/mol. The lowest BCUT2D eigenvalue weighted by Gasteiger charge is -2.26. The third-order valence-corrected chi connectivity index (χ3v) is 3.95. The van der Waals surface area contributed by atoms with Gasteiger partial charge >= 0.3 is 0 Å². The van der Waals surface area contributed by atoms with Crippen LogP contribution in [-0.2, 0) is 0 Å². The summed E-state index contributed by atoms with van der Waals surface area (Å²) in [5.41, 5.74) is 8.91. The lowest BCUT2D eigenvalue weighted by molar-refractivity contribution is 0.419. The van der Waals surface area contributed by atoms with Gasteiger partial charge in [0.25, 0.3) is 0 Å². The van der Waals surface area contributed by atoms with Crippen LogP contribution in [0, 0.1) is 0 Å². The van der Waals surface area contributed by atoms with Crippen LogP contribution >= 0.6 is 11.8 Å². The first-order valence-electron chi connectivity index (χ1n) is 5.65. The van der Waals surface area contributed by atoms with E-state index in [1.807, 2.05) is 11.8 Å². The zero-order valence-electron chi connectivity index (χ0n) is 9.28. The second-order valence-electron chi connectivity index (χ2n) is 4.36. The van der Waals surface area contributed by atoms with Crippen LogP contribution in [0.25, 0.3) is 0 Å². The summed E-state index contributed by atoms with van der Waals surface area (Å²) >= 11 is 1.81. The molecule has 1 saturated carbocycles. The molecule has 2 rings (SSSR count). The fourth-order valence-corrected chi connectivity index (χ4v) is 2.61. The summed E-state index contributed by atoms with van der Waals surface area (Å²) in [6, 6.07) is 9.07. The number of rotatable bonds is 4. The summed E-state index contributed by atoms with van der Waals surface area (Å²) in [6.07, 6.45) is 6.23. The minimum Gasteiger partial charge on any atom is -0.323 e. The zero-order chi connectivity index (χ0) is 10.7. The van der Waals surface area contributed by atoms with Gasteiger partial charge in [0.1, 0.15) is 0 Å². The molecule has 1 fully saturated rings. The molecule has 0 saturated heterocycles. The molecule has 0 spiro atoms. The van der Waals surface area contributed by atoms with Crippen molar-refractivity contribution in [1.82, 2.24) is 0 Å². The Kier molecular flexibility index (Phi) is 3.71. The standard InChI is InChI=1S/C13H19NS/c1-15-9-13(14)12-7-3-6-11(8-12)10-4-2-5-10/h3,6-8,10,13H,2,4-5,9,14H2,1H3. The van der Waals surface area contributed by atoms with E-state index in [4.69, 9.17) is 5.73 Å². The number of hydrogen-bond donors (Lipinski definition) is 1. The first-order chi connectivity index (χ1) is 7.31. The summed E-state index contributed by atoms with van der Waals surface area (Å²) in [7, 11) is 0. The second kappa shape index (κ2) is 5.04. The van der Waals surface area contributed by atoms with Gasteiger partial charge in [-0.05, 0) is 36.1 Å². The lowest BCUT2D eigenvalue weighted by Crippen LogP contribution is -2.14. The molecule has 1 aliphatic rings. The van der Waals surface area contributed by atoms with Gasteiger partial charge in [0.05, 0.1) is 0 Å². The molecule has 0 aliphatic heterocycles. The molecule has 82 valence electrons. The summed E-state index contributed by atoms with van der Waals surface area (Å²) in [5.74, 6) is 1.82. The van der Waals surface area contributed by atoms with E-state index in [0.29, 0.717) is 0 Å². The van der Waals surface area contributed by atoms with Crippen LogP contribution in [0.3, 0.4) is 0 Å². The van der Waals surface area contributed by atoms with Crippen molar-refractivity contribution in [3.8, 4) is 0 Å². The van der Waals surface area contributed by atoms with E-state index in [0.717, 1.165) is 11.7 Å². The van der Waals surface area contributed by atoms with E-state index in [1.165, 1.54) is 30.4 Å². The van der Waals surface area contributed by atoms with E-state index < -0.39 is 0 Å². The Labute approximate surface area is 96.4 Å². The van der Waals surface area contributed by atoms with Crippen LogP contribution < -0.4 is 5.73 Å². The Balaban J connectivity index is 2.10. The maximum atomic E-state index is 6.11. The van der Waals surface area contributed by atoms with E-state index in [-0.39, 0.29) is 6.04 Å². The molecule has 2 heteroatoms. The van der Waals surface area contributed by atoms with Crippen molar-refractivity contribution in [3.05, 3.63) is 35.4 Å². The SMILES string of the molecule is CSCC(N)c1cccc(C2CCC2)c1. The van der Waals surface area contributed by atoms with Gasteiger partial charge in [-0.3, -0.25) is 0 Å². The van der Waals surface area contributed by atoms with Gasteiger partial charge in [-0.15, -0.1) is 0 Å². The van der Waals surface area contributed by atoms with Crippen molar-refractivity contribution < 1.29 is 0 Å². The molecular weight excluding hydrogens is 202 g/mol. The van der Waals surface area contributed by atoms with Gasteiger partial charge in [0, 0.05) is 11.8 Å². The fourth-order valence-electron chi connectivity index (χ4n) is 2.06. The zero-order valence-corrected chi connectivity index (χ0v) is 10.1. The Hall–Kier alpha value is -0.470. The summed E-state index contributed by atoms with van der Waals surface area (Å²) < 4.78 is 0. The highest BCUT2D eigenvalue weighted by molar-refractivity contribution is 7.98. The maximum absolute atomic E-state index is 6.11.